The summed E-state index contributed by atoms with van der Waals surface area (Å²) in [5.74, 6) is -0.207. The third-order valence-corrected chi connectivity index (χ3v) is 4.32. The van der Waals surface area contributed by atoms with Gasteiger partial charge in [0.2, 0.25) is 5.91 Å². The second kappa shape index (κ2) is 14.2. The quantitative estimate of drug-likeness (QED) is 0.230. The van der Waals surface area contributed by atoms with Crippen LogP contribution in [0.25, 0.3) is 0 Å². The Morgan fingerprint density at radius 3 is 2.21 bits per heavy atom. The zero-order valence-corrected chi connectivity index (χ0v) is 20.7. The lowest BCUT2D eigenvalue weighted by molar-refractivity contribution is -0.117. The molecule has 0 saturated carbocycles. The molecule has 0 fully saturated rings. The molecule has 0 aliphatic carbocycles. The number of nitrogens with zero attached hydrogens (tertiary/aromatic N) is 2. The van der Waals surface area contributed by atoms with Crippen LogP contribution in [0, 0.1) is 0 Å². The number of hydrogen-bond acceptors (Lipinski definition) is 4. The van der Waals surface area contributed by atoms with Crippen LogP contribution in [0.1, 0.15) is 28.4 Å². The van der Waals surface area contributed by atoms with Crippen molar-refractivity contribution < 1.29 is 23.1 Å². The van der Waals surface area contributed by atoms with E-state index < -0.39 is 12.5 Å². The summed E-state index contributed by atoms with van der Waals surface area (Å²) in [5, 5.41) is 5.64. The Kier molecular flexibility index (Phi) is 12.1. The maximum absolute atomic E-state index is 12.3. The molecule has 0 heterocycles. The lowest BCUT2D eigenvalue weighted by atomic mass is 10.1. The highest BCUT2D eigenvalue weighted by Crippen LogP contribution is 2.16. The minimum atomic E-state index is -2.85. The van der Waals surface area contributed by atoms with Gasteiger partial charge in [0.15, 0.2) is 5.96 Å². The number of primary amides is 1. The number of carbonyl (C=O) groups excluding carboxylic acids is 2. The number of rotatable bonds is 10. The van der Waals surface area contributed by atoms with Gasteiger partial charge in [0, 0.05) is 25.7 Å². The molecule has 0 bridgehead atoms. The molecule has 0 aliphatic rings. The van der Waals surface area contributed by atoms with E-state index in [-0.39, 0.29) is 42.2 Å². The molecule has 2 rings (SSSR count). The first-order chi connectivity index (χ1) is 15.3. The summed E-state index contributed by atoms with van der Waals surface area (Å²) in [5.41, 5.74) is 7.25. The summed E-state index contributed by atoms with van der Waals surface area (Å²) in [6, 6.07) is 13.3. The van der Waals surface area contributed by atoms with Crippen molar-refractivity contribution in [1.82, 2.24) is 15.5 Å². The molecule has 2 aromatic rings. The number of nitrogens with one attached hydrogen (secondary N) is 2. The van der Waals surface area contributed by atoms with Gasteiger partial charge in [-0.1, -0.05) is 24.3 Å². The molecule has 2 amide bonds. The fourth-order valence-corrected chi connectivity index (χ4v) is 2.79. The summed E-state index contributed by atoms with van der Waals surface area (Å²) in [7, 11) is 1.87. The van der Waals surface area contributed by atoms with Crippen LogP contribution in [-0.2, 0) is 17.9 Å². The highest BCUT2D eigenvalue weighted by molar-refractivity contribution is 14.0. The van der Waals surface area contributed by atoms with Crippen LogP contribution in [0.2, 0.25) is 0 Å². The molecule has 0 aliphatic heterocycles. The summed E-state index contributed by atoms with van der Waals surface area (Å²) in [4.78, 5) is 29.2. The third-order valence-electron chi connectivity index (χ3n) is 4.32. The van der Waals surface area contributed by atoms with E-state index >= 15 is 0 Å². The average Bonchev–Trinajstić information content (AvgIpc) is 2.76. The minimum absolute atomic E-state index is 0. The average molecular weight is 575 g/mol. The van der Waals surface area contributed by atoms with Gasteiger partial charge in [-0.3, -0.25) is 9.59 Å². The summed E-state index contributed by atoms with van der Waals surface area (Å²) in [6.45, 7) is 0.458. The van der Waals surface area contributed by atoms with E-state index in [9.17, 15) is 18.4 Å². The van der Waals surface area contributed by atoms with E-state index in [0.29, 0.717) is 31.2 Å². The van der Waals surface area contributed by atoms with Crippen molar-refractivity contribution in [1.29, 1.82) is 0 Å². The smallest absolute Gasteiger partial charge is 0.387 e. The molecular formula is C22H28F2IN5O3. The molecule has 0 saturated heterocycles. The number of carbonyl (C=O) groups is 2. The first kappa shape index (κ1) is 28.1. The number of hydrogen-bond donors (Lipinski definition) is 3. The van der Waals surface area contributed by atoms with E-state index in [1.165, 1.54) is 12.1 Å². The highest BCUT2D eigenvalue weighted by atomic mass is 127. The summed E-state index contributed by atoms with van der Waals surface area (Å²) in [6.07, 6.45) is 0. The van der Waals surface area contributed by atoms with E-state index in [0.717, 1.165) is 11.1 Å². The first-order valence-corrected chi connectivity index (χ1v) is 9.97. The molecule has 0 radical (unpaired) electrons. The summed E-state index contributed by atoms with van der Waals surface area (Å²) < 4.78 is 28.9. The molecule has 180 valence electrons. The van der Waals surface area contributed by atoms with Crippen LogP contribution in [0.5, 0.6) is 5.75 Å². The van der Waals surface area contributed by atoms with Crippen molar-refractivity contribution in [2.45, 2.75) is 26.6 Å². The van der Waals surface area contributed by atoms with Crippen LogP contribution in [0.15, 0.2) is 53.5 Å². The van der Waals surface area contributed by atoms with E-state index in [4.69, 9.17) is 5.73 Å². The number of aliphatic imine (C=N–C) groups is 1. The molecule has 2 aromatic carbocycles. The Morgan fingerprint density at radius 2 is 1.67 bits per heavy atom. The Morgan fingerprint density at radius 1 is 1.06 bits per heavy atom. The van der Waals surface area contributed by atoms with Crippen LogP contribution >= 0.6 is 24.0 Å². The Balaban J connectivity index is 0.00000544. The van der Waals surface area contributed by atoms with Crippen molar-refractivity contribution in [2.75, 3.05) is 20.1 Å². The highest BCUT2D eigenvalue weighted by Gasteiger charge is 2.09. The number of nitrogens with two attached hydrogens (primary N) is 1. The lowest BCUT2D eigenvalue weighted by Gasteiger charge is -2.22. The minimum Gasteiger partial charge on any atom is -0.435 e. The first-order valence-electron chi connectivity index (χ1n) is 9.97. The van der Waals surface area contributed by atoms with Crippen LogP contribution in [0.4, 0.5) is 8.78 Å². The number of guanidine groups is 1. The zero-order valence-electron chi connectivity index (χ0n) is 18.4. The van der Waals surface area contributed by atoms with Crippen LogP contribution in [-0.4, -0.2) is 49.4 Å². The largest absolute Gasteiger partial charge is 0.435 e. The van der Waals surface area contributed by atoms with Crippen molar-refractivity contribution in [2.24, 2.45) is 10.7 Å². The maximum atomic E-state index is 12.3. The molecule has 4 N–H and O–H groups in total. The fraction of sp³-hybridized carbons (Fsp3) is 0.318. The van der Waals surface area contributed by atoms with Gasteiger partial charge in [-0.05, 0) is 42.3 Å². The van der Waals surface area contributed by atoms with Crippen LogP contribution in [0.3, 0.4) is 0 Å². The predicted octanol–water partition coefficient (Wildman–Crippen LogP) is 2.72. The Hall–Kier alpha value is -2.96. The molecule has 0 spiro atoms. The predicted molar refractivity (Wildman–Crippen MR) is 133 cm³/mol. The zero-order chi connectivity index (χ0) is 23.5. The molecule has 11 heteroatoms. The van der Waals surface area contributed by atoms with Crippen LogP contribution < -0.4 is 21.1 Å². The number of amides is 2. The van der Waals surface area contributed by atoms with Gasteiger partial charge >= 0.3 is 6.61 Å². The number of alkyl halides is 2. The van der Waals surface area contributed by atoms with Gasteiger partial charge in [0.1, 0.15) is 5.75 Å². The third kappa shape index (κ3) is 10.0. The number of ether oxygens (including phenoxy) is 1. The van der Waals surface area contributed by atoms with Crippen molar-refractivity contribution in [3.63, 3.8) is 0 Å². The monoisotopic (exact) mass is 575 g/mol. The molecular weight excluding hydrogens is 547 g/mol. The Bertz CT molecular complexity index is 925. The fourth-order valence-electron chi connectivity index (χ4n) is 2.79. The molecule has 8 nitrogen and oxygen atoms in total. The van der Waals surface area contributed by atoms with Gasteiger partial charge in [0.05, 0.1) is 13.1 Å². The van der Waals surface area contributed by atoms with Crippen molar-refractivity contribution >= 4 is 41.8 Å². The van der Waals surface area contributed by atoms with E-state index in [1.807, 2.05) is 18.9 Å². The number of halogens is 3. The second-order valence-corrected chi connectivity index (χ2v) is 6.89. The van der Waals surface area contributed by atoms with Gasteiger partial charge in [-0.15, -0.1) is 24.0 Å². The Labute approximate surface area is 208 Å². The standard InChI is InChI=1S/C22H27F2N5O3.HI/c1-3-26-22(29(2)14-16-6-10-18(11-7-16)32-21(23)24)28-12-15-4-8-17(9-5-15)20(31)27-13-19(25)30;/h4-11,21H,3,12-14H2,1-2H3,(H2,25,30)(H,26,28)(H,27,31);1H. The van der Waals surface area contributed by atoms with Crippen molar-refractivity contribution in [3.8, 4) is 5.75 Å². The second-order valence-electron chi connectivity index (χ2n) is 6.89. The molecule has 0 atom stereocenters. The molecule has 0 aromatic heterocycles. The molecule has 0 unspecified atom stereocenters. The summed E-state index contributed by atoms with van der Waals surface area (Å²) >= 11 is 0. The number of benzene rings is 2. The van der Waals surface area contributed by atoms with Gasteiger partial charge < -0.3 is 26.0 Å². The van der Waals surface area contributed by atoms with E-state index in [1.54, 1.807) is 36.4 Å². The SMILES string of the molecule is CCNC(=NCc1ccc(C(=O)NCC(N)=O)cc1)N(C)Cc1ccc(OC(F)F)cc1.I. The van der Waals surface area contributed by atoms with E-state index in [2.05, 4.69) is 20.4 Å². The topological polar surface area (TPSA) is 109 Å². The van der Waals surface area contributed by atoms with Crippen molar-refractivity contribution in [3.05, 3.63) is 65.2 Å². The maximum Gasteiger partial charge on any atom is 0.387 e. The van der Waals surface area contributed by atoms with Gasteiger partial charge in [0.25, 0.3) is 5.91 Å². The lowest BCUT2D eigenvalue weighted by Crippen LogP contribution is -2.38. The van der Waals surface area contributed by atoms with Gasteiger partial charge in [-0.2, -0.15) is 8.78 Å². The normalized spacial score (nSPS) is 10.9. The molecule has 33 heavy (non-hydrogen) atoms. The van der Waals surface area contributed by atoms with Gasteiger partial charge in [-0.25, -0.2) is 4.99 Å².